The van der Waals surface area contributed by atoms with Crippen LogP contribution in [0, 0.1) is 0 Å². The van der Waals surface area contributed by atoms with Crippen molar-refractivity contribution in [3.63, 3.8) is 0 Å². The van der Waals surface area contributed by atoms with Gasteiger partial charge in [0.25, 0.3) is 0 Å². The van der Waals surface area contributed by atoms with E-state index in [1.165, 1.54) is 5.56 Å². The van der Waals surface area contributed by atoms with Gasteiger partial charge < -0.3 is 17.1 Å². The molecule has 1 fully saturated rings. The lowest BCUT2D eigenvalue weighted by molar-refractivity contribution is -0.00000609. The van der Waals surface area contributed by atoms with Crippen LogP contribution in [0.15, 0.2) is 30.3 Å². The molecule has 7 nitrogen and oxygen atoms in total. The minimum atomic E-state index is 0. The zero-order chi connectivity index (χ0) is 18.2. The van der Waals surface area contributed by atoms with E-state index >= 15 is 0 Å². The summed E-state index contributed by atoms with van der Waals surface area (Å²) in [7, 11) is 1.71. The molecule has 2 aromatic rings. The van der Waals surface area contributed by atoms with Crippen LogP contribution in [0.3, 0.4) is 0 Å². The van der Waals surface area contributed by atoms with Crippen LogP contribution in [0.25, 0.3) is 0 Å². The molecule has 150 valence electrons. The van der Waals surface area contributed by atoms with Gasteiger partial charge in [-0.25, -0.2) is 4.68 Å². The van der Waals surface area contributed by atoms with Crippen molar-refractivity contribution in [2.24, 2.45) is 0 Å². The van der Waals surface area contributed by atoms with Crippen LogP contribution in [0.1, 0.15) is 37.2 Å². The Labute approximate surface area is 168 Å². The fourth-order valence-electron chi connectivity index (χ4n) is 3.61. The summed E-state index contributed by atoms with van der Waals surface area (Å²) in [6.07, 6.45) is 2.19. The second-order valence-electron chi connectivity index (χ2n) is 6.86. The average Bonchev–Trinajstić information content (AvgIpc) is 3.14. The first-order chi connectivity index (χ1) is 12.8. The molecule has 0 N–H and O–H groups in total. The summed E-state index contributed by atoms with van der Waals surface area (Å²) in [6.45, 7) is 8.84. The third kappa shape index (κ3) is 5.97. The van der Waals surface area contributed by atoms with E-state index in [1.807, 2.05) is 4.68 Å². The van der Waals surface area contributed by atoms with Crippen LogP contribution < -0.4 is 12.4 Å². The van der Waals surface area contributed by atoms with Crippen LogP contribution in [0.2, 0.25) is 0 Å². The molecule has 1 aliphatic rings. The van der Waals surface area contributed by atoms with Crippen molar-refractivity contribution in [2.75, 3.05) is 39.9 Å². The van der Waals surface area contributed by atoms with E-state index < -0.39 is 0 Å². The van der Waals surface area contributed by atoms with Gasteiger partial charge >= 0.3 is 0 Å². The second-order valence-corrected chi connectivity index (χ2v) is 6.86. The summed E-state index contributed by atoms with van der Waals surface area (Å²) in [5.74, 6) is 0.973. The van der Waals surface area contributed by atoms with Crippen molar-refractivity contribution in [3.8, 4) is 0 Å². The zero-order valence-corrected chi connectivity index (χ0v) is 17.1. The van der Waals surface area contributed by atoms with Crippen molar-refractivity contribution in [3.05, 3.63) is 41.7 Å². The average molecular weight is 394 g/mol. The maximum atomic E-state index is 5.19. The maximum Gasteiger partial charge on any atom is 0.168 e. The van der Waals surface area contributed by atoms with Crippen LogP contribution in [0.5, 0.6) is 0 Å². The first-order valence-corrected chi connectivity index (χ1v) is 9.57. The minimum Gasteiger partial charge on any atom is -1.00 e. The normalized spacial score (nSPS) is 16.8. The van der Waals surface area contributed by atoms with Crippen LogP contribution in [-0.2, 0) is 17.8 Å². The Morgan fingerprint density at radius 3 is 2.52 bits per heavy atom. The molecule has 0 radical (unpaired) electrons. The number of ether oxygens (including phenoxy) is 1. The fourth-order valence-corrected chi connectivity index (χ4v) is 3.61. The first-order valence-electron chi connectivity index (χ1n) is 9.57. The molecule has 0 spiro atoms. The smallest absolute Gasteiger partial charge is 0.168 e. The van der Waals surface area contributed by atoms with E-state index in [1.54, 1.807) is 7.11 Å². The van der Waals surface area contributed by atoms with Crippen molar-refractivity contribution in [1.82, 2.24) is 30.0 Å². The molecule has 1 aromatic carbocycles. The highest BCUT2D eigenvalue weighted by Crippen LogP contribution is 2.25. The third-order valence-electron chi connectivity index (χ3n) is 5.02. The van der Waals surface area contributed by atoms with Crippen molar-refractivity contribution in [1.29, 1.82) is 0 Å². The van der Waals surface area contributed by atoms with Gasteiger partial charge in [-0.2, -0.15) is 0 Å². The van der Waals surface area contributed by atoms with Crippen molar-refractivity contribution < 1.29 is 17.1 Å². The molecule has 3 rings (SSSR count). The Hall–Kier alpha value is -1.54. The molecular weight excluding hydrogens is 364 g/mol. The Morgan fingerprint density at radius 2 is 1.85 bits per heavy atom. The molecule has 27 heavy (non-hydrogen) atoms. The molecule has 8 heteroatoms. The summed E-state index contributed by atoms with van der Waals surface area (Å²) in [5, 5.41) is 12.4. The molecule has 1 saturated heterocycles. The van der Waals surface area contributed by atoms with E-state index in [2.05, 4.69) is 62.6 Å². The van der Waals surface area contributed by atoms with Crippen LogP contribution in [-0.4, -0.2) is 69.9 Å². The molecule has 0 bridgehead atoms. The number of hydrogen-bond acceptors (Lipinski definition) is 6. The van der Waals surface area contributed by atoms with Gasteiger partial charge in [0.15, 0.2) is 5.82 Å². The molecule has 1 unspecified atom stereocenters. The molecule has 2 heterocycles. The summed E-state index contributed by atoms with van der Waals surface area (Å²) in [5.41, 5.74) is 1.38. The highest BCUT2D eigenvalue weighted by molar-refractivity contribution is 5.14. The predicted molar refractivity (Wildman–Crippen MR) is 101 cm³/mol. The topological polar surface area (TPSA) is 59.3 Å². The lowest BCUT2D eigenvalue weighted by Gasteiger charge is -2.38. The molecule has 0 saturated carbocycles. The monoisotopic (exact) mass is 393 g/mol. The van der Waals surface area contributed by atoms with Crippen LogP contribution in [0.4, 0.5) is 0 Å². The van der Waals surface area contributed by atoms with Gasteiger partial charge in [-0.15, -0.1) is 5.10 Å². The number of rotatable bonds is 9. The van der Waals surface area contributed by atoms with E-state index in [4.69, 9.17) is 4.74 Å². The molecule has 1 aromatic heterocycles. The highest BCUT2D eigenvalue weighted by Gasteiger charge is 2.28. The quantitative estimate of drug-likeness (QED) is 0.543. The Morgan fingerprint density at radius 1 is 1.11 bits per heavy atom. The van der Waals surface area contributed by atoms with Gasteiger partial charge in [-0.1, -0.05) is 43.7 Å². The summed E-state index contributed by atoms with van der Waals surface area (Å²) in [4.78, 5) is 5.07. The lowest BCUT2D eigenvalue weighted by Crippen LogP contribution is -3.00. The number of aromatic nitrogens is 4. The van der Waals surface area contributed by atoms with E-state index in [-0.39, 0.29) is 18.4 Å². The Bertz CT molecular complexity index is 645. The molecular formula is C19H30ClN6O-. The molecule has 1 aliphatic heterocycles. The van der Waals surface area contributed by atoms with E-state index in [0.717, 1.165) is 51.4 Å². The van der Waals surface area contributed by atoms with Gasteiger partial charge in [0.05, 0.1) is 19.2 Å². The zero-order valence-electron chi connectivity index (χ0n) is 16.3. The van der Waals surface area contributed by atoms with Gasteiger partial charge in [-0.05, 0) is 22.4 Å². The largest absolute Gasteiger partial charge is 1.00 e. The third-order valence-corrected chi connectivity index (χ3v) is 5.02. The SMILES string of the molecule is CCCC(c1nnnn1CCOC)N1CCN(Cc2ccccc2)CC1.[Cl-]. The summed E-state index contributed by atoms with van der Waals surface area (Å²) < 4.78 is 7.09. The van der Waals surface area contributed by atoms with Gasteiger partial charge in [0.2, 0.25) is 0 Å². The predicted octanol–water partition coefficient (Wildman–Crippen LogP) is -1.02. The Kier molecular flexibility index (Phi) is 9.14. The number of tetrazole rings is 1. The standard InChI is InChI=1S/C19H30N6O.ClH/c1-3-7-18(19-20-21-22-25(19)14-15-26-2)24-12-10-23(11-13-24)16-17-8-5-4-6-9-17;/h4-6,8-9,18H,3,7,10-16H2,1-2H3;1H/p-1. The maximum absolute atomic E-state index is 5.19. The lowest BCUT2D eigenvalue weighted by atomic mass is 10.1. The fraction of sp³-hybridized carbons (Fsp3) is 0.632. The van der Waals surface area contributed by atoms with Crippen molar-refractivity contribution in [2.45, 2.75) is 38.9 Å². The molecule has 0 aliphatic carbocycles. The number of piperazine rings is 1. The summed E-state index contributed by atoms with van der Waals surface area (Å²) >= 11 is 0. The van der Waals surface area contributed by atoms with Gasteiger partial charge in [0, 0.05) is 39.8 Å². The second kappa shape index (κ2) is 11.3. The van der Waals surface area contributed by atoms with Gasteiger partial charge in [-0.3, -0.25) is 9.80 Å². The van der Waals surface area contributed by atoms with E-state index in [9.17, 15) is 0 Å². The minimum absolute atomic E-state index is 0. The number of methoxy groups -OCH3 is 1. The number of benzene rings is 1. The number of hydrogen-bond donors (Lipinski definition) is 0. The number of nitrogens with zero attached hydrogens (tertiary/aromatic N) is 6. The van der Waals surface area contributed by atoms with Crippen LogP contribution >= 0.6 is 0 Å². The first kappa shape index (κ1) is 21.8. The number of halogens is 1. The van der Waals surface area contributed by atoms with Gasteiger partial charge in [0.1, 0.15) is 0 Å². The van der Waals surface area contributed by atoms with Crippen molar-refractivity contribution >= 4 is 0 Å². The highest BCUT2D eigenvalue weighted by atomic mass is 35.5. The molecule has 0 amide bonds. The Balaban J connectivity index is 0.00000261. The van der Waals surface area contributed by atoms with E-state index in [0.29, 0.717) is 13.2 Å². The molecule has 1 atom stereocenters. The summed E-state index contributed by atoms with van der Waals surface area (Å²) in [6, 6.07) is 11.0.